The van der Waals surface area contributed by atoms with Crippen molar-refractivity contribution in [1.29, 1.82) is 0 Å². The number of aryl methyl sites for hydroxylation is 1. The molecule has 1 aliphatic carbocycles. The molecule has 7 heteroatoms. The van der Waals surface area contributed by atoms with Gasteiger partial charge in [-0.1, -0.05) is 38.1 Å². The maximum absolute atomic E-state index is 13.2. The Bertz CT molecular complexity index is 904. The van der Waals surface area contributed by atoms with Crippen LogP contribution in [0, 0.1) is 6.92 Å². The number of ketones is 1. The first-order chi connectivity index (χ1) is 13.2. The number of carbonyl (C=O) groups excluding carboxylic acids is 2. The third kappa shape index (κ3) is 3.74. The molecule has 28 heavy (non-hydrogen) atoms. The molecule has 0 aliphatic heterocycles. The maximum Gasteiger partial charge on any atom is 0.387 e. The van der Waals surface area contributed by atoms with E-state index in [2.05, 4.69) is 15.0 Å². The van der Waals surface area contributed by atoms with E-state index in [1.54, 1.807) is 6.92 Å². The van der Waals surface area contributed by atoms with Crippen LogP contribution in [0.2, 0.25) is 0 Å². The van der Waals surface area contributed by atoms with Gasteiger partial charge in [-0.2, -0.15) is 8.78 Å². The lowest BCUT2D eigenvalue weighted by Gasteiger charge is -2.41. The molecule has 0 radical (unpaired) electrons. The van der Waals surface area contributed by atoms with E-state index in [1.807, 2.05) is 38.1 Å². The van der Waals surface area contributed by atoms with E-state index in [9.17, 15) is 18.4 Å². The van der Waals surface area contributed by atoms with Crippen molar-refractivity contribution in [3.63, 3.8) is 0 Å². The molecule has 0 bridgehead atoms. The van der Waals surface area contributed by atoms with Gasteiger partial charge in [0.2, 0.25) is 5.91 Å². The number of nitrogens with one attached hydrogen (secondary N) is 1. The van der Waals surface area contributed by atoms with E-state index in [0.29, 0.717) is 5.69 Å². The van der Waals surface area contributed by atoms with Gasteiger partial charge in [0, 0.05) is 24.6 Å². The van der Waals surface area contributed by atoms with Crippen molar-refractivity contribution >= 4 is 17.4 Å². The predicted octanol–water partition coefficient (Wildman–Crippen LogP) is 4.35. The molecule has 1 aromatic carbocycles. The number of Topliss-reactive ketones (excluding diaryl/α,β-unsaturated/α-hetero) is 1. The Labute approximate surface area is 162 Å². The number of aromatic nitrogens is 1. The lowest BCUT2D eigenvalue weighted by atomic mass is 9.61. The van der Waals surface area contributed by atoms with Crippen molar-refractivity contribution in [2.75, 3.05) is 5.32 Å². The minimum Gasteiger partial charge on any atom is -0.432 e. The number of pyridine rings is 1. The highest BCUT2D eigenvalue weighted by molar-refractivity contribution is 6.10. The number of ether oxygens (including phenoxy) is 1. The van der Waals surface area contributed by atoms with E-state index in [1.165, 1.54) is 12.3 Å². The van der Waals surface area contributed by atoms with Crippen LogP contribution in [-0.4, -0.2) is 23.3 Å². The summed E-state index contributed by atoms with van der Waals surface area (Å²) in [5, 5.41) is 2.66. The lowest BCUT2D eigenvalue weighted by molar-refractivity contribution is -0.138. The smallest absolute Gasteiger partial charge is 0.387 e. The fraction of sp³-hybridized carbons (Fsp3) is 0.381. The molecule has 0 atom stereocenters. The number of rotatable bonds is 6. The van der Waals surface area contributed by atoms with Crippen molar-refractivity contribution in [2.24, 2.45) is 0 Å². The highest BCUT2D eigenvalue weighted by Gasteiger charge is 2.52. The number of alkyl halides is 2. The minimum absolute atomic E-state index is 0.0141. The topological polar surface area (TPSA) is 68.3 Å². The van der Waals surface area contributed by atoms with E-state index in [4.69, 9.17) is 0 Å². The number of nitrogens with zero attached hydrogens (tertiary/aromatic N) is 1. The fourth-order valence-corrected chi connectivity index (χ4v) is 3.60. The van der Waals surface area contributed by atoms with Crippen molar-refractivity contribution in [3.8, 4) is 5.75 Å². The average Bonchev–Trinajstić information content (AvgIpc) is 2.60. The molecule has 148 valence electrons. The Morgan fingerprint density at radius 3 is 2.54 bits per heavy atom. The first-order valence-electron chi connectivity index (χ1n) is 9.07. The quantitative estimate of drug-likeness (QED) is 0.799. The van der Waals surface area contributed by atoms with Crippen LogP contribution >= 0.6 is 0 Å². The number of anilines is 1. The second-order valence-corrected chi connectivity index (χ2v) is 7.37. The van der Waals surface area contributed by atoms with Crippen LogP contribution in [0.1, 0.15) is 49.4 Å². The fourth-order valence-electron chi connectivity index (χ4n) is 3.60. The van der Waals surface area contributed by atoms with Gasteiger partial charge in [0.05, 0.1) is 11.6 Å². The number of amides is 1. The number of benzene rings is 1. The molecule has 1 saturated carbocycles. The van der Waals surface area contributed by atoms with Crippen LogP contribution in [0.15, 0.2) is 36.5 Å². The minimum atomic E-state index is -3.03. The monoisotopic (exact) mass is 388 g/mol. The molecule has 5 nitrogen and oxygen atoms in total. The Morgan fingerprint density at radius 2 is 1.93 bits per heavy atom. The van der Waals surface area contributed by atoms with Gasteiger partial charge in [-0.05, 0) is 24.0 Å². The van der Waals surface area contributed by atoms with Crippen molar-refractivity contribution in [1.82, 2.24) is 4.98 Å². The summed E-state index contributed by atoms with van der Waals surface area (Å²) < 4.78 is 30.0. The molecule has 3 rings (SSSR count). The standard InChI is InChI=1S/C21H22F2N2O3/c1-12(2)15-6-4-5-7-16(15)21(9-14(26)10-21)19(27)25-17-11-24-13(3)8-18(17)28-20(22)23/h4-8,11-12,20H,9-10H2,1-3H3,(H,25,27). The van der Waals surface area contributed by atoms with Crippen LogP contribution in [0.4, 0.5) is 14.5 Å². The summed E-state index contributed by atoms with van der Waals surface area (Å²) >= 11 is 0. The predicted molar refractivity (Wildman–Crippen MR) is 101 cm³/mol. The molecule has 0 unspecified atom stereocenters. The zero-order chi connectivity index (χ0) is 20.5. The summed E-state index contributed by atoms with van der Waals surface area (Å²) in [6.45, 7) is 2.64. The maximum atomic E-state index is 13.2. The first kappa shape index (κ1) is 19.9. The van der Waals surface area contributed by atoms with Gasteiger partial charge in [0.15, 0.2) is 5.75 Å². The molecule has 1 N–H and O–H groups in total. The number of carbonyl (C=O) groups is 2. The molecule has 1 heterocycles. The molecule has 1 fully saturated rings. The molecule has 1 amide bonds. The normalized spacial score (nSPS) is 15.5. The third-order valence-electron chi connectivity index (χ3n) is 5.00. The van der Waals surface area contributed by atoms with Gasteiger partial charge in [0.1, 0.15) is 11.5 Å². The van der Waals surface area contributed by atoms with Crippen LogP contribution in [0.5, 0.6) is 5.75 Å². The highest BCUT2D eigenvalue weighted by Crippen LogP contribution is 2.45. The van der Waals surface area contributed by atoms with Crippen LogP contribution < -0.4 is 10.1 Å². The Kier molecular flexibility index (Phi) is 5.45. The second kappa shape index (κ2) is 7.66. The zero-order valence-corrected chi connectivity index (χ0v) is 16.0. The highest BCUT2D eigenvalue weighted by atomic mass is 19.3. The van der Waals surface area contributed by atoms with E-state index >= 15 is 0 Å². The molecule has 2 aromatic rings. The number of hydrogen-bond donors (Lipinski definition) is 1. The van der Waals surface area contributed by atoms with Gasteiger partial charge in [-0.3, -0.25) is 14.6 Å². The second-order valence-electron chi connectivity index (χ2n) is 7.37. The van der Waals surface area contributed by atoms with Crippen LogP contribution in [-0.2, 0) is 15.0 Å². The molecule has 1 aliphatic rings. The third-order valence-corrected chi connectivity index (χ3v) is 5.00. The van der Waals surface area contributed by atoms with Gasteiger partial charge in [-0.25, -0.2) is 0 Å². The van der Waals surface area contributed by atoms with Crippen LogP contribution in [0.3, 0.4) is 0 Å². The number of halogens is 2. The largest absolute Gasteiger partial charge is 0.432 e. The van der Waals surface area contributed by atoms with Crippen molar-refractivity contribution in [3.05, 3.63) is 53.3 Å². The van der Waals surface area contributed by atoms with E-state index < -0.39 is 17.9 Å². The Hall–Kier alpha value is -2.83. The summed E-state index contributed by atoms with van der Waals surface area (Å²) in [6.07, 6.45) is 1.44. The molecular formula is C21H22F2N2O3. The Morgan fingerprint density at radius 1 is 1.25 bits per heavy atom. The molecule has 0 saturated heterocycles. The summed E-state index contributed by atoms with van der Waals surface area (Å²) in [5.74, 6) is -0.436. The van der Waals surface area contributed by atoms with Crippen LogP contribution in [0.25, 0.3) is 0 Å². The van der Waals surface area contributed by atoms with Gasteiger partial charge >= 0.3 is 6.61 Å². The zero-order valence-electron chi connectivity index (χ0n) is 16.0. The van der Waals surface area contributed by atoms with E-state index in [0.717, 1.165) is 11.1 Å². The lowest BCUT2D eigenvalue weighted by Crippen LogP contribution is -2.51. The molecule has 1 aromatic heterocycles. The van der Waals surface area contributed by atoms with Gasteiger partial charge < -0.3 is 10.1 Å². The number of hydrogen-bond acceptors (Lipinski definition) is 4. The summed E-state index contributed by atoms with van der Waals surface area (Å²) in [5.41, 5.74) is 1.28. The SMILES string of the molecule is Cc1cc(OC(F)F)c(NC(=O)C2(c3ccccc3C(C)C)CC(=O)C2)cn1. The van der Waals surface area contributed by atoms with Crippen molar-refractivity contribution < 1.29 is 23.1 Å². The molecular weight excluding hydrogens is 366 g/mol. The average molecular weight is 388 g/mol. The van der Waals surface area contributed by atoms with E-state index in [-0.39, 0.29) is 36.0 Å². The van der Waals surface area contributed by atoms with Gasteiger partial charge in [-0.15, -0.1) is 0 Å². The summed E-state index contributed by atoms with van der Waals surface area (Å²) in [7, 11) is 0. The molecule has 0 spiro atoms. The summed E-state index contributed by atoms with van der Waals surface area (Å²) in [6, 6.07) is 8.85. The Balaban J connectivity index is 1.97. The van der Waals surface area contributed by atoms with Crippen molar-refractivity contribution in [2.45, 2.75) is 51.6 Å². The van der Waals surface area contributed by atoms with Gasteiger partial charge in [0.25, 0.3) is 0 Å². The first-order valence-corrected chi connectivity index (χ1v) is 9.07. The summed E-state index contributed by atoms with van der Waals surface area (Å²) in [4.78, 5) is 29.1.